The van der Waals surface area contributed by atoms with Gasteiger partial charge in [-0.2, -0.15) is 4.98 Å². The number of piperazine rings is 1. The summed E-state index contributed by atoms with van der Waals surface area (Å²) in [7, 11) is 0. The maximum atomic E-state index is 12.5. The van der Waals surface area contributed by atoms with Gasteiger partial charge in [-0.15, -0.1) is 0 Å². The lowest BCUT2D eigenvalue weighted by atomic mass is 10.1. The monoisotopic (exact) mass is 891 g/mol. The molecule has 3 heterocycles. The highest BCUT2D eigenvalue weighted by molar-refractivity contribution is 7.80. The zero-order valence-electron chi connectivity index (χ0n) is 39.7. The van der Waals surface area contributed by atoms with Crippen molar-refractivity contribution >= 4 is 69.2 Å². The smallest absolute Gasteiger partial charge is 0.341 e. The fourth-order valence-corrected chi connectivity index (χ4v) is 5.66. The number of anilines is 2. The Hall–Kier alpha value is -4.19. The Kier molecular flexibility index (Phi) is 35.6. The average molecular weight is 892 g/mol. The van der Waals surface area contributed by atoms with Gasteiger partial charge in [0.1, 0.15) is 22.7 Å². The quantitative estimate of drug-likeness (QED) is 0.116. The van der Waals surface area contributed by atoms with Gasteiger partial charge in [0, 0.05) is 66.8 Å². The standard InChI is InChI=1S/C21H20Cl2N6O3S.C16H26O.5C2H6/c1-2-27-11-16(19(31)32)17(30)15-10-24-20(26-18(15)27)28-3-5-29(6-4-28)21(33)25-14-8-12(22)7-13(23)9-14;1-7-9-11-15(13(3)4)17-16(14(5)6)12-10-8-2;5*1-2/h7-11H,2-6H2,1H3,(H,25,33)(H,31,32);7,9-13H,8H2,1-6H3;5*1-2H3/b;9-7-,12-10-,15-11+;;;;;. The van der Waals surface area contributed by atoms with Gasteiger partial charge >= 0.3 is 5.97 Å². The van der Waals surface area contributed by atoms with Crippen LogP contribution in [0.2, 0.25) is 10.0 Å². The lowest BCUT2D eigenvalue weighted by Crippen LogP contribution is -2.50. The first-order valence-corrected chi connectivity index (χ1v) is 22.7. The molecular formula is C47H76Cl2N6O4S. The molecule has 2 aromatic heterocycles. The van der Waals surface area contributed by atoms with Crippen LogP contribution in [-0.4, -0.2) is 61.8 Å². The number of benzene rings is 1. The van der Waals surface area contributed by atoms with Crippen molar-refractivity contribution in [1.29, 1.82) is 0 Å². The number of aromatic carboxylic acids is 1. The Morgan fingerprint density at radius 1 is 0.950 bits per heavy atom. The maximum absolute atomic E-state index is 12.5. The Labute approximate surface area is 378 Å². The largest absolute Gasteiger partial charge is 0.477 e. The van der Waals surface area contributed by atoms with Gasteiger partial charge in [-0.05, 0) is 82.3 Å². The molecular weight excluding hydrogens is 816 g/mol. The number of fused-ring (bicyclic) bond motifs is 1. The molecule has 0 spiro atoms. The van der Waals surface area contributed by atoms with Crippen LogP contribution in [-0.2, 0) is 11.3 Å². The van der Waals surface area contributed by atoms with Crippen molar-refractivity contribution in [3.05, 3.63) is 104 Å². The van der Waals surface area contributed by atoms with E-state index in [2.05, 4.69) is 62.1 Å². The summed E-state index contributed by atoms with van der Waals surface area (Å²) in [6.45, 7) is 37.4. The van der Waals surface area contributed by atoms with Gasteiger partial charge in [0.05, 0.1) is 5.39 Å². The van der Waals surface area contributed by atoms with Crippen molar-refractivity contribution in [3.63, 3.8) is 0 Å². The first-order valence-electron chi connectivity index (χ1n) is 21.5. The Bertz CT molecular complexity index is 1840. The summed E-state index contributed by atoms with van der Waals surface area (Å²) in [5.74, 6) is 1.55. The fraction of sp³-hybridized carbons (Fsp3) is 0.511. The lowest BCUT2D eigenvalue weighted by Gasteiger charge is -2.36. The molecule has 10 nitrogen and oxygen atoms in total. The highest BCUT2D eigenvalue weighted by Gasteiger charge is 2.23. The van der Waals surface area contributed by atoms with Crippen molar-refractivity contribution < 1.29 is 14.6 Å². The number of rotatable bonds is 10. The number of carboxylic acids is 1. The SMILES string of the molecule is C/C=C\C=C(\OC(/C=C\CC)=C(C)C)C(C)C.CC.CC.CC.CC.CC.CCn1cc(C(=O)O)c(=O)c2cnc(N3CCN(C(=S)Nc4cc(Cl)cc(Cl)c4)CC3)nc21. The summed E-state index contributed by atoms with van der Waals surface area (Å²) >= 11 is 17.6. The highest BCUT2D eigenvalue weighted by atomic mass is 35.5. The topological polar surface area (TPSA) is 113 Å². The molecule has 1 fully saturated rings. The Balaban J connectivity index is -0.00000102. The van der Waals surface area contributed by atoms with Gasteiger partial charge in [0.2, 0.25) is 11.4 Å². The Morgan fingerprint density at radius 3 is 1.95 bits per heavy atom. The molecule has 0 unspecified atom stereocenters. The first-order chi connectivity index (χ1) is 28.8. The minimum absolute atomic E-state index is 0.185. The molecule has 0 bridgehead atoms. The number of aryl methyl sites for hydroxylation is 1. The molecule has 1 aromatic carbocycles. The van der Waals surface area contributed by atoms with E-state index in [0.717, 1.165) is 23.6 Å². The summed E-state index contributed by atoms with van der Waals surface area (Å²) in [6, 6.07) is 5.16. The number of hydrogen-bond acceptors (Lipinski definition) is 7. The van der Waals surface area contributed by atoms with E-state index in [1.54, 1.807) is 22.8 Å². The second-order valence-electron chi connectivity index (χ2n) is 12.0. The molecule has 0 saturated carbocycles. The molecule has 1 aliphatic heterocycles. The molecule has 3 aromatic rings. The number of carbonyl (C=O) groups is 1. The number of nitrogens with one attached hydrogen (secondary N) is 1. The highest BCUT2D eigenvalue weighted by Crippen LogP contribution is 2.24. The molecule has 0 amide bonds. The third-order valence-corrected chi connectivity index (χ3v) is 8.38. The Morgan fingerprint density at radius 2 is 1.50 bits per heavy atom. The molecule has 0 aliphatic carbocycles. The second kappa shape index (κ2) is 35.6. The van der Waals surface area contributed by atoms with Crippen LogP contribution in [0.1, 0.15) is 134 Å². The summed E-state index contributed by atoms with van der Waals surface area (Å²) in [5, 5.41) is 14.2. The van der Waals surface area contributed by atoms with Crippen LogP contribution in [0.3, 0.4) is 0 Å². The number of allylic oxidation sites excluding steroid dienone is 7. The van der Waals surface area contributed by atoms with Gasteiger partial charge < -0.3 is 29.5 Å². The summed E-state index contributed by atoms with van der Waals surface area (Å²) in [6.07, 6.45) is 14.0. The number of halogens is 2. The molecule has 0 radical (unpaired) electrons. The third-order valence-electron chi connectivity index (χ3n) is 7.58. The number of nitrogens with zero attached hydrogens (tertiary/aromatic N) is 5. The fourth-order valence-electron chi connectivity index (χ4n) is 4.84. The van der Waals surface area contributed by atoms with Crippen molar-refractivity contribution in [1.82, 2.24) is 19.4 Å². The zero-order chi connectivity index (χ0) is 47.0. The average Bonchev–Trinajstić information content (AvgIpc) is 3.26. The van der Waals surface area contributed by atoms with Crippen LogP contribution >= 0.6 is 35.4 Å². The normalized spacial score (nSPS) is 11.8. The van der Waals surface area contributed by atoms with E-state index in [1.165, 1.54) is 18.0 Å². The summed E-state index contributed by atoms with van der Waals surface area (Å²) in [4.78, 5) is 36.8. The first kappa shape index (κ1) is 60.1. The van der Waals surface area contributed by atoms with Crippen molar-refractivity contribution in [2.45, 2.75) is 131 Å². The predicted molar refractivity (Wildman–Crippen MR) is 266 cm³/mol. The van der Waals surface area contributed by atoms with E-state index in [1.807, 2.05) is 111 Å². The number of aromatic nitrogens is 3. The summed E-state index contributed by atoms with van der Waals surface area (Å²) in [5.41, 5.74) is 1.44. The van der Waals surface area contributed by atoms with Gasteiger partial charge in [0.15, 0.2) is 5.11 Å². The van der Waals surface area contributed by atoms with E-state index < -0.39 is 11.4 Å². The van der Waals surface area contributed by atoms with Gasteiger partial charge in [0.25, 0.3) is 0 Å². The van der Waals surface area contributed by atoms with Gasteiger partial charge in [-0.3, -0.25) is 4.79 Å². The molecule has 1 saturated heterocycles. The molecule has 13 heteroatoms. The van der Waals surface area contributed by atoms with E-state index >= 15 is 0 Å². The van der Waals surface area contributed by atoms with Crippen LogP contribution in [0, 0.1) is 5.92 Å². The van der Waals surface area contributed by atoms with E-state index in [-0.39, 0.29) is 10.9 Å². The number of thiocarbonyl (C=S) groups is 1. The predicted octanol–water partition coefficient (Wildman–Crippen LogP) is 13.8. The molecule has 60 heavy (non-hydrogen) atoms. The van der Waals surface area contributed by atoms with Crippen molar-refractivity contribution in [2.24, 2.45) is 5.92 Å². The van der Waals surface area contributed by atoms with E-state index in [9.17, 15) is 14.7 Å². The number of carboxylic acid groups (broad SMARTS) is 1. The second-order valence-corrected chi connectivity index (χ2v) is 13.2. The number of pyridine rings is 1. The van der Waals surface area contributed by atoms with E-state index in [0.29, 0.717) is 65.4 Å². The minimum atomic E-state index is -1.27. The summed E-state index contributed by atoms with van der Waals surface area (Å²) < 4.78 is 7.63. The van der Waals surface area contributed by atoms with Crippen LogP contribution in [0.5, 0.6) is 0 Å². The number of hydrogen-bond donors (Lipinski definition) is 2. The molecule has 0 atom stereocenters. The zero-order valence-corrected chi connectivity index (χ0v) is 42.0. The van der Waals surface area contributed by atoms with Crippen molar-refractivity contribution in [2.75, 3.05) is 36.4 Å². The van der Waals surface area contributed by atoms with Gasteiger partial charge in [-0.25, -0.2) is 9.78 Å². The van der Waals surface area contributed by atoms with Gasteiger partial charge in [-0.1, -0.05) is 131 Å². The third kappa shape index (κ3) is 20.9. The molecule has 2 N–H and O–H groups in total. The number of ether oxygens (including phenoxy) is 1. The molecule has 338 valence electrons. The molecule has 4 rings (SSSR count). The van der Waals surface area contributed by atoms with Crippen LogP contribution < -0.4 is 15.6 Å². The minimum Gasteiger partial charge on any atom is -0.477 e. The lowest BCUT2D eigenvalue weighted by molar-refractivity contribution is 0.0694. The van der Waals surface area contributed by atoms with Crippen molar-refractivity contribution in [3.8, 4) is 0 Å². The van der Waals surface area contributed by atoms with Crippen LogP contribution in [0.15, 0.2) is 82.9 Å². The molecule has 1 aliphatic rings. The van der Waals surface area contributed by atoms with Crippen LogP contribution in [0.25, 0.3) is 11.0 Å². The van der Waals surface area contributed by atoms with E-state index in [4.69, 9.17) is 40.2 Å². The maximum Gasteiger partial charge on any atom is 0.341 e. The van der Waals surface area contributed by atoms with Crippen LogP contribution in [0.4, 0.5) is 11.6 Å².